The fourth-order valence-electron chi connectivity index (χ4n) is 4.50. The molecule has 5 aromatic rings. The highest BCUT2D eigenvalue weighted by Crippen LogP contribution is 2.41. The molecule has 0 bridgehead atoms. The van der Waals surface area contributed by atoms with Gasteiger partial charge in [-0.3, -0.25) is 0 Å². The minimum absolute atomic E-state index is 0.119. The molecule has 0 amide bonds. The summed E-state index contributed by atoms with van der Waals surface area (Å²) in [6.45, 7) is -1.78. The van der Waals surface area contributed by atoms with Gasteiger partial charge in [0.25, 0.3) is 0 Å². The average Bonchev–Trinajstić information content (AvgIpc) is 3.03. The van der Waals surface area contributed by atoms with E-state index in [4.69, 9.17) is 16.1 Å². The van der Waals surface area contributed by atoms with Crippen LogP contribution in [0.1, 0.15) is 23.3 Å². The highest BCUT2D eigenvalue weighted by Gasteiger charge is 2.21. The summed E-state index contributed by atoms with van der Waals surface area (Å²) in [6, 6.07) is 52.0. The van der Waals surface area contributed by atoms with E-state index in [0.29, 0.717) is 0 Å². The van der Waals surface area contributed by atoms with Crippen molar-refractivity contribution in [3.8, 4) is 0 Å². The fourth-order valence-corrected chi connectivity index (χ4v) is 7.44. The van der Waals surface area contributed by atoms with Crippen molar-refractivity contribution in [2.75, 3.05) is 0 Å². The summed E-state index contributed by atoms with van der Waals surface area (Å²) in [5.74, 6) is 0. The van der Waals surface area contributed by atoms with Crippen LogP contribution < -0.4 is 15.9 Å². The van der Waals surface area contributed by atoms with Gasteiger partial charge in [0, 0.05) is 0 Å². The Hall–Kier alpha value is -3.94. The van der Waals surface area contributed by atoms with Crippen molar-refractivity contribution in [2.24, 2.45) is 0 Å². The normalized spacial score (nSPS) is 16.7. The van der Waals surface area contributed by atoms with Gasteiger partial charge in [-0.2, -0.15) is 0 Å². The Labute approximate surface area is 225 Å². The first-order valence-corrected chi connectivity index (χ1v) is 14.7. The van der Waals surface area contributed by atoms with Gasteiger partial charge >= 0.3 is 0 Å². The molecule has 0 radical (unpaired) electrons. The van der Waals surface area contributed by atoms with Crippen molar-refractivity contribution >= 4 is 29.1 Å². The van der Waals surface area contributed by atoms with Crippen LogP contribution in [-0.2, 0) is 9.78 Å². The predicted octanol–water partition coefficient (Wildman–Crippen LogP) is 7.40. The van der Waals surface area contributed by atoms with Gasteiger partial charge in [0.1, 0.15) is 12.2 Å². The van der Waals surface area contributed by atoms with E-state index in [2.05, 4.69) is 91.0 Å². The van der Waals surface area contributed by atoms with Crippen molar-refractivity contribution in [2.45, 2.75) is 12.2 Å². The molecule has 38 heavy (non-hydrogen) atoms. The van der Waals surface area contributed by atoms with Crippen molar-refractivity contribution in [3.63, 3.8) is 0 Å². The van der Waals surface area contributed by atoms with Crippen LogP contribution in [0.3, 0.4) is 0 Å². The predicted molar refractivity (Wildman–Crippen MR) is 162 cm³/mol. The Balaban J connectivity index is 0.000000156. The van der Waals surface area contributed by atoms with Crippen LogP contribution in [0.4, 0.5) is 0 Å². The van der Waals surface area contributed by atoms with E-state index in [0.717, 1.165) is 11.1 Å². The number of benzene rings is 5. The van der Waals surface area contributed by atoms with Gasteiger partial charge in [0.2, 0.25) is 0 Å². The lowest BCUT2D eigenvalue weighted by molar-refractivity contribution is -0.345. The van der Waals surface area contributed by atoms with Crippen LogP contribution in [0.2, 0.25) is 0 Å². The minimum Gasteiger partial charge on any atom is -0.223 e. The number of hydrogen-bond acceptors (Lipinski definition) is 2. The van der Waals surface area contributed by atoms with E-state index < -0.39 is 6.89 Å². The molecule has 2 atom stereocenters. The molecule has 6 rings (SSSR count). The first-order valence-electron chi connectivity index (χ1n) is 12.8. The summed E-state index contributed by atoms with van der Waals surface area (Å²) < 4.78 is 0. The maximum atomic E-state index is 5.44. The third kappa shape index (κ3) is 5.96. The maximum Gasteiger partial charge on any atom is 0.136 e. The zero-order chi connectivity index (χ0) is 26.0. The Kier molecular flexibility index (Phi) is 8.48. The molecule has 0 aliphatic carbocycles. The summed E-state index contributed by atoms with van der Waals surface area (Å²) in [7, 11) is 0. The second-order valence-corrected chi connectivity index (χ2v) is 12.2. The summed E-state index contributed by atoms with van der Waals surface area (Å²) in [5, 5.41) is 3.95. The van der Waals surface area contributed by atoms with E-state index in [1.165, 1.54) is 15.9 Å². The third-order valence-corrected chi connectivity index (χ3v) is 10.1. The Morgan fingerprint density at radius 3 is 0.921 bits per heavy atom. The molecule has 0 saturated carbocycles. The zero-order valence-electron chi connectivity index (χ0n) is 21.2. The molecule has 0 aromatic heterocycles. The summed E-state index contributed by atoms with van der Waals surface area (Å²) in [4.78, 5) is 10.9. The highest BCUT2D eigenvalue weighted by molar-refractivity contribution is 7.93. The standard InChI is InChI=1S/C19H17P.C16H14O2/c1-20(17-11-5-2-6-12-17,18-13-7-3-8-14-18)19-15-9-4-10-16-19;1-3-7-13(8-4-1)15-11-12-16(18-17-15)14-9-5-2-6-10-14/h2-16H,1H2;1-12,15-16H/t;15-,16+. The van der Waals surface area contributed by atoms with Crippen molar-refractivity contribution < 1.29 is 9.78 Å². The first-order chi connectivity index (χ1) is 18.7. The van der Waals surface area contributed by atoms with Crippen LogP contribution in [0.25, 0.3) is 0 Å². The van der Waals surface area contributed by atoms with Gasteiger partial charge < -0.3 is 0 Å². The number of rotatable bonds is 5. The maximum absolute atomic E-state index is 5.44. The van der Waals surface area contributed by atoms with Gasteiger partial charge in [0.15, 0.2) is 0 Å². The molecule has 0 unspecified atom stereocenters. The molecule has 5 aromatic carbocycles. The molecule has 3 heteroatoms. The van der Waals surface area contributed by atoms with E-state index in [1.807, 2.05) is 72.8 Å². The van der Waals surface area contributed by atoms with Gasteiger partial charge in [-0.1, -0.05) is 158 Å². The molecule has 2 nitrogen and oxygen atoms in total. The Morgan fingerprint density at radius 2 is 0.658 bits per heavy atom. The van der Waals surface area contributed by atoms with Crippen LogP contribution in [0.15, 0.2) is 164 Å². The summed E-state index contributed by atoms with van der Waals surface area (Å²) in [6.07, 6.45) is 8.53. The van der Waals surface area contributed by atoms with Gasteiger partial charge in [-0.15, -0.1) is 0 Å². The lowest BCUT2D eigenvalue weighted by atomic mass is 10.1. The monoisotopic (exact) mass is 514 g/mol. The van der Waals surface area contributed by atoms with Crippen molar-refractivity contribution in [1.82, 2.24) is 0 Å². The lowest BCUT2D eigenvalue weighted by Crippen LogP contribution is -2.25. The molecule has 1 aliphatic heterocycles. The molecular formula is C35H31O2P. The lowest BCUT2D eigenvalue weighted by Gasteiger charge is -2.26. The second kappa shape index (κ2) is 12.5. The van der Waals surface area contributed by atoms with E-state index in [9.17, 15) is 0 Å². The van der Waals surface area contributed by atoms with Crippen LogP contribution in [0, 0.1) is 0 Å². The van der Waals surface area contributed by atoms with Gasteiger partial charge in [-0.25, -0.2) is 9.78 Å². The highest BCUT2D eigenvalue weighted by atomic mass is 31.2. The molecule has 1 aliphatic rings. The smallest absolute Gasteiger partial charge is 0.136 e. The SMILES string of the molecule is C1=C[C@H](c2ccccc2)OO[C@@H]1c1ccccc1.C=P(c1ccccc1)(c1ccccc1)c1ccccc1. The van der Waals surface area contributed by atoms with E-state index in [1.54, 1.807) is 0 Å². The molecule has 0 saturated heterocycles. The average molecular weight is 515 g/mol. The Morgan fingerprint density at radius 1 is 0.395 bits per heavy atom. The van der Waals surface area contributed by atoms with E-state index in [-0.39, 0.29) is 12.2 Å². The molecule has 1 heterocycles. The Bertz CT molecular complexity index is 1320. The fraction of sp³-hybridized carbons (Fsp3) is 0.0571. The van der Waals surface area contributed by atoms with E-state index >= 15 is 0 Å². The molecule has 0 fully saturated rings. The molecular weight excluding hydrogens is 483 g/mol. The minimum atomic E-state index is -1.78. The van der Waals surface area contributed by atoms with Crippen LogP contribution >= 0.6 is 6.89 Å². The van der Waals surface area contributed by atoms with Crippen LogP contribution in [-0.4, -0.2) is 6.30 Å². The van der Waals surface area contributed by atoms with Gasteiger partial charge in [0.05, 0.1) is 0 Å². The number of hydrogen-bond donors (Lipinski definition) is 0. The molecule has 0 N–H and O–H groups in total. The largest absolute Gasteiger partial charge is 0.223 e. The van der Waals surface area contributed by atoms with Crippen molar-refractivity contribution in [1.29, 1.82) is 0 Å². The van der Waals surface area contributed by atoms with Crippen molar-refractivity contribution in [3.05, 3.63) is 175 Å². The third-order valence-electron chi connectivity index (χ3n) is 6.57. The van der Waals surface area contributed by atoms with Crippen LogP contribution in [0.5, 0.6) is 0 Å². The summed E-state index contributed by atoms with van der Waals surface area (Å²) in [5.41, 5.74) is 2.19. The quantitative estimate of drug-likeness (QED) is 0.138. The zero-order valence-corrected chi connectivity index (χ0v) is 22.1. The topological polar surface area (TPSA) is 18.5 Å². The molecule has 188 valence electrons. The second-order valence-electron chi connectivity index (χ2n) is 9.06. The summed E-state index contributed by atoms with van der Waals surface area (Å²) >= 11 is 0. The molecule has 0 spiro atoms. The van der Waals surface area contributed by atoms with Gasteiger partial charge in [-0.05, 0) is 46.1 Å². The first kappa shape index (κ1) is 25.7.